The monoisotopic (exact) mass is 211 g/mol. The molecule has 0 spiro atoms. The van der Waals surface area contributed by atoms with E-state index in [1.54, 1.807) is 12.3 Å². The van der Waals surface area contributed by atoms with E-state index in [0.717, 1.165) is 0 Å². The van der Waals surface area contributed by atoms with E-state index in [4.69, 9.17) is 21.4 Å². The minimum absolute atomic E-state index is 0.0598. The van der Waals surface area contributed by atoms with Crippen LogP contribution >= 0.6 is 11.6 Å². The maximum atomic E-state index is 8.52. The highest BCUT2D eigenvalue weighted by atomic mass is 35.5. The van der Waals surface area contributed by atoms with Crippen molar-refractivity contribution in [3.8, 4) is 17.7 Å². The second-order valence-electron chi connectivity index (χ2n) is 2.49. The van der Waals surface area contributed by atoms with Crippen LogP contribution in [0.15, 0.2) is 12.3 Å². The van der Waals surface area contributed by atoms with E-state index in [9.17, 15) is 0 Å². The molecule has 1 N–H and O–H groups in total. The summed E-state index contributed by atoms with van der Waals surface area (Å²) in [6.07, 6.45) is 2.03. The normalized spacial score (nSPS) is 9.07. The Bertz CT molecular complexity index is 368. The Balaban J connectivity index is 2.82. The van der Waals surface area contributed by atoms with Crippen LogP contribution in [0.3, 0.4) is 0 Å². The zero-order chi connectivity index (χ0) is 10.4. The maximum absolute atomic E-state index is 8.52. The van der Waals surface area contributed by atoms with Crippen LogP contribution in [0.2, 0.25) is 5.02 Å². The number of ether oxygens (including phenoxy) is 1. The average molecular weight is 212 g/mol. The van der Waals surface area contributed by atoms with Crippen LogP contribution in [-0.4, -0.2) is 23.8 Å². The van der Waals surface area contributed by atoms with Crippen molar-refractivity contribution in [3.05, 3.63) is 22.8 Å². The van der Waals surface area contributed by atoms with Crippen molar-refractivity contribution in [1.29, 1.82) is 0 Å². The van der Waals surface area contributed by atoms with E-state index in [-0.39, 0.29) is 6.61 Å². The van der Waals surface area contributed by atoms with E-state index < -0.39 is 0 Å². The van der Waals surface area contributed by atoms with Crippen LogP contribution < -0.4 is 4.74 Å². The van der Waals surface area contributed by atoms with Gasteiger partial charge >= 0.3 is 0 Å². The van der Waals surface area contributed by atoms with Gasteiger partial charge in [-0.3, -0.25) is 0 Å². The van der Waals surface area contributed by atoms with Gasteiger partial charge in [0.05, 0.1) is 13.7 Å². The molecular formula is C10H10ClNO2. The summed E-state index contributed by atoms with van der Waals surface area (Å²) < 4.78 is 4.89. The number of pyridine rings is 1. The van der Waals surface area contributed by atoms with Crippen LogP contribution in [-0.2, 0) is 0 Å². The maximum Gasteiger partial charge on any atom is 0.232 e. The van der Waals surface area contributed by atoms with Crippen molar-refractivity contribution in [3.63, 3.8) is 0 Å². The van der Waals surface area contributed by atoms with Crippen LogP contribution in [0.5, 0.6) is 5.88 Å². The first-order valence-electron chi connectivity index (χ1n) is 4.07. The molecule has 0 atom stereocenters. The van der Waals surface area contributed by atoms with Crippen molar-refractivity contribution < 1.29 is 9.84 Å². The van der Waals surface area contributed by atoms with Crippen molar-refractivity contribution in [2.75, 3.05) is 13.7 Å². The molecule has 0 amide bonds. The lowest BCUT2D eigenvalue weighted by atomic mass is 10.3. The van der Waals surface area contributed by atoms with E-state index in [0.29, 0.717) is 22.9 Å². The number of rotatable bonds is 2. The number of aliphatic hydroxyl groups excluding tert-OH is 1. The van der Waals surface area contributed by atoms with Gasteiger partial charge in [-0.1, -0.05) is 23.4 Å². The molecule has 1 aromatic heterocycles. The van der Waals surface area contributed by atoms with Gasteiger partial charge in [-0.2, -0.15) is 0 Å². The Morgan fingerprint density at radius 2 is 2.43 bits per heavy atom. The Hall–Kier alpha value is -1.24. The molecule has 0 aliphatic rings. The first kappa shape index (κ1) is 10.8. The third-order valence-corrected chi connectivity index (χ3v) is 1.74. The zero-order valence-electron chi connectivity index (χ0n) is 7.75. The molecule has 0 aliphatic carbocycles. The minimum Gasteiger partial charge on any atom is -0.480 e. The lowest BCUT2D eigenvalue weighted by Gasteiger charge is -2.00. The van der Waals surface area contributed by atoms with Crippen molar-refractivity contribution in [2.45, 2.75) is 6.42 Å². The fraction of sp³-hybridized carbons (Fsp3) is 0.300. The lowest BCUT2D eigenvalue weighted by Crippen LogP contribution is -1.89. The molecule has 0 saturated carbocycles. The molecule has 4 heteroatoms. The predicted molar refractivity (Wildman–Crippen MR) is 54.4 cm³/mol. The summed E-state index contributed by atoms with van der Waals surface area (Å²) in [6.45, 7) is 0.0598. The fourth-order valence-electron chi connectivity index (χ4n) is 0.864. The zero-order valence-corrected chi connectivity index (χ0v) is 8.51. The number of methoxy groups -OCH3 is 1. The second kappa shape index (κ2) is 5.48. The van der Waals surface area contributed by atoms with Gasteiger partial charge in [0.15, 0.2) is 0 Å². The molecule has 0 unspecified atom stereocenters. The molecule has 74 valence electrons. The van der Waals surface area contributed by atoms with Gasteiger partial charge in [0, 0.05) is 18.2 Å². The fourth-order valence-corrected chi connectivity index (χ4v) is 1.11. The average Bonchev–Trinajstić information content (AvgIpc) is 2.18. The van der Waals surface area contributed by atoms with Gasteiger partial charge in [0.1, 0.15) is 5.02 Å². The Labute approximate surface area is 87.7 Å². The van der Waals surface area contributed by atoms with Gasteiger partial charge in [-0.15, -0.1) is 0 Å². The highest BCUT2D eigenvalue weighted by molar-refractivity contribution is 6.31. The minimum atomic E-state index is 0.0598. The third kappa shape index (κ3) is 2.91. The molecular weight excluding hydrogens is 202 g/mol. The molecule has 0 radical (unpaired) electrons. The predicted octanol–water partition coefficient (Wildman–Crippen LogP) is 1.48. The van der Waals surface area contributed by atoms with Crippen molar-refractivity contribution in [1.82, 2.24) is 4.98 Å². The van der Waals surface area contributed by atoms with E-state index in [2.05, 4.69) is 16.8 Å². The number of halogens is 1. The van der Waals surface area contributed by atoms with E-state index >= 15 is 0 Å². The molecule has 0 bridgehead atoms. The van der Waals surface area contributed by atoms with Gasteiger partial charge in [0.25, 0.3) is 0 Å². The van der Waals surface area contributed by atoms with Gasteiger partial charge in [-0.05, 0) is 6.07 Å². The second-order valence-corrected chi connectivity index (χ2v) is 2.90. The van der Waals surface area contributed by atoms with E-state index in [1.807, 2.05) is 0 Å². The lowest BCUT2D eigenvalue weighted by molar-refractivity contribution is 0.305. The highest BCUT2D eigenvalue weighted by Gasteiger charge is 2.00. The Morgan fingerprint density at radius 1 is 1.64 bits per heavy atom. The first-order valence-corrected chi connectivity index (χ1v) is 4.45. The summed E-state index contributed by atoms with van der Waals surface area (Å²) in [5.41, 5.74) is 0.712. The summed E-state index contributed by atoms with van der Waals surface area (Å²) in [7, 11) is 1.51. The van der Waals surface area contributed by atoms with Crippen LogP contribution in [0.1, 0.15) is 12.0 Å². The standard InChI is InChI=1S/C10H10ClNO2/c1-14-10-9(11)6-8(7-12-10)4-2-3-5-13/h6-7,13H,3,5H2,1H3. The molecule has 1 heterocycles. The number of hydrogen-bond acceptors (Lipinski definition) is 3. The molecule has 1 rings (SSSR count). The third-order valence-electron chi connectivity index (χ3n) is 1.47. The summed E-state index contributed by atoms with van der Waals surface area (Å²) in [5.74, 6) is 5.99. The Kier molecular flexibility index (Phi) is 4.24. The molecule has 0 fully saturated rings. The molecule has 0 aliphatic heterocycles. The number of hydrogen-bond donors (Lipinski definition) is 1. The van der Waals surface area contributed by atoms with Crippen molar-refractivity contribution >= 4 is 11.6 Å². The highest BCUT2D eigenvalue weighted by Crippen LogP contribution is 2.21. The summed E-state index contributed by atoms with van der Waals surface area (Å²) >= 11 is 5.84. The molecule has 3 nitrogen and oxygen atoms in total. The molecule has 0 aromatic carbocycles. The van der Waals surface area contributed by atoms with Crippen molar-refractivity contribution in [2.24, 2.45) is 0 Å². The van der Waals surface area contributed by atoms with Gasteiger partial charge in [-0.25, -0.2) is 4.98 Å². The van der Waals surface area contributed by atoms with Gasteiger partial charge in [0.2, 0.25) is 5.88 Å². The quantitative estimate of drug-likeness (QED) is 0.754. The first-order chi connectivity index (χ1) is 6.77. The topological polar surface area (TPSA) is 42.4 Å². The number of aromatic nitrogens is 1. The van der Waals surface area contributed by atoms with Gasteiger partial charge < -0.3 is 9.84 Å². The van der Waals surface area contributed by atoms with E-state index in [1.165, 1.54) is 7.11 Å². The number of aliphatic hydroxyl groups is 1. The molecule has 0 saturated heterocycles. The SMILES string of the molecule is COc1ncc(C#CCCO)cc1Cl. The number of nitrogens with zero attached hydrogens (tertiary/aromatic N) is 1. The van der Waals surface area contributed by atoms with Crippen LogP contribution in [0.25, 0.3) is 0 Å². The van der Waals surface area contributed by atoms with Crippen LogP contribution in [0.4, 0.5) is 0 Å². The summed E-state index contributed by atoms with van der Waals surface area (Å²) in [6, 6.07) is 1.68. The molecule has 1 aromatic rings. The smallest absolute Gasteiger partial charge is 0.232 e. The largest absolute Gasteiger partial charge is 0.480 e. The van der Waals surface area contributed by atoms with Crippen LogP contribution in [0, 0.1) is 11.8 Å². The summed E-state index contributed by atoms with van der Waals surface area (Å²) in [4.78, 5) is 3.96. The summed E-state index contributed by atoms with van der Waals surface area (Å²) in [5, 5.41) is 8.95. The molecule has 14 heavy (non-hydrogen) atoms. The Morgan fingerprint density at radius 3 is 3.00 bits per heavy atom.